The highest BCUT2D eigenvalue weighted by molar-refractivity contribution is 5.85. The Morgan fingerprint density at radius 1 is 1.16 bits per heavy atom. The van der Waals surface area contributed by atoms with E-state index >= 15 is 0 Å². The van der Waals surface area contributed by atoms with Crippen LogP contribution >= 0.6 is 12.4 Å². The molecule has 2 unspecified atom stereocenters. The summed E-state index contributed by atoms with van der Waals surface area (Å²) in [5.74, 6) is 1.53. The summed E-state index contributed by atoms with van der Waals surface area (Å²) < 4.78 is 19.3. The second kappa shape index (κ2) is 6.56. The molecule has 4 nitrogen and oxygen atoms in total. The maximum absolute atomic E-state index is 13.2. The molecule has 0 amide bonds. The molecule has 1 aliphatic carbocycles. The predicted octanol–water partition coefficient (Wildman–Crippen LogP) is 3.10. The predicted molar refractivity (Wildman–Crippen MR) is 98.4 cm³/mol. The maximum Gasteiger partial charge on any atom is 0.214 e. The van der Waals surface area contributed by atoms with Crippen molar-refractivity contribution in [2.45, 2.75) is 25.5 Å². The molecule has 1 aromatic carbocycles. The molecule has 2 fully saturated rings. The maximum atomic E-state index is 13.2. The Morgan fingerprint density at radius 2 is 1.80 bits per heavy atom. The van der Waals surface area contributed by atoms with Crippen LogP contribution in [0.25, 0.3) is 11.3 Å². The number of pyridine rings is 1. The zero-order valence-electron chi connectivity index (χ0n) is 14.3. The van der Waals surface area contributed by atoms with E-state index in [9.17, 15) is 4.39 Å². The largest absolute Gasteiger partial charge is 0.474 e. The van der Waals surface area contributed by atoms with Crippen LogP contribution in [0.4, 0.5) is 4.39 Å². The number of nitrogens with zero attached hydrogens (tertiary/aromatic N) is 1. The minimum absolute atomic E-state index is 0. The van der Waals surface area contributed by atoms with Crippen LogP contribution in [0.5, 0.6) is 5.88 Å². The number of benzene rings is 1. The monoisotopic (exact) mass is 363 g/mol. The van der Waals surface area contributed by atoms with E-state index in [0.717, 1.165) is 29.9 Å². The molecule has 2 heterocycles. The molecule has 1 saturated carbocycles. The van der Waals surface area contributed by atoms with Gasteiger partial charge in [0.2, 0.25) is 5.88 Å². The SMILES string of the molecule is CC(C)(N)c1cc(OC2C3CNCC32)nc(-c2ccc(F)cc2)c1.Cl. The van der Waals surface area contributed by atoms with Crippen LogP contribution in [0.2, 0.25) is 0 Å². The zero-order valence-corrected chi connectivity index (χ0v) is 15.1. The molecular weight excluding hydrogens is 341 g/mol. The average Bonchev–Trinajstić information content (AvgIpc) is 2.95. The standard InChI is InChI=1S/C19H22FN3O.ClH/c1-19(2,21)12-7-16(11-3-5-13(20)6-4-11)23-17(8-12)24-18-14-9-22-10-15(14)18;/h3-8,14-15,18,22H,9-10,21H2,1-2H3;1H. The van der Waals surface area contributed by atoms with Gasteiger partial charge >= 0.3 is 0 Å². The van der Waals surface area contributed by atoms with Crippen LogP contribution in [0.3, 0.4) is 0 Å². The van der Waals surface area contributed by atoms with Gasteiger partial charge in [-0.15, -0.1) is 12.4 Å². The molecule has 1 aliphatic heterocycles. The molecule has 3 N–H and O–H groups in total. The van der Waals surface area contributed by atoms with Gasteiger partial charge < -0.3 is 15.8 Å². The van der Waals surface area contributed by atoms with Gasteiger partial charge in [0.05, 0.1) is 5.69 Å². The van der Waals surface area contributed by atoms with Gasteiger partial charge in [0.15, 0.2) is 0 Å². The number of halogens is 2. The Hall–Kier alpha value is -1.69. The lowest BCUT2D eigenvalue weighted by Crippen LogP contribution is -2.29. The second-order valence-electron chi connectivity index (χ2n) is 7.38. The Balaban J connectivity index is 0.00000182. The first kappa shape index (κ1) is 18.1. The average molecular weight is 364 g/mol. The molecule has 2 aliphatic rings. The van der Waals surface area contributed by atoms with Crippen molar-refractivity contribution in [3.05, 3.63) is 47.8 Å². The van der Waals surface area contributed by atoms with Crippen LogP contribution < -0.4 is 15.8 Å². The van der Waals surface area contributed by atoms with Crippen molar-refractivity contribution in [1.82, 2.24) is 10.3 Å². The normalized spacial score (nSPS) is 24.4. The van der Waals surface area contributed by atoms with E-state index in [-0.39, 0.29) is 24.3 Å². The van der Waals surface area contributed by atoms with E-state index in [1.807, 2.05) is 26.0 Å². The highest BCUT2D eigenvalue weighted by Gasteiger charge is 2.55. The van der Waals surface area contributed by atoms with Crippen molar-refractivity contribution in [2.75, 3.05) is 13.1 Å². The lowest BCUT2D eigenvalue weighted by molar-refractivity contribution is 0.251. The smallest absolute Gasteiger partial charge is 0.214 e. The van der Waals surface area contributed by atoms with Crippen molar-refractivity contribution in [2.24, 2.45) is 17.6 Å². The molecule has 1 saturated heterocycles. The van der Waals surface area contributed by atoms with Gasteiger partial charge in [0.25, 0.3) is 0 Å². The molecule has 4 rings (SSSR count). The Labute approximate surface area is 153 Å². The molecule has 6 heteroatoms. The van der Waals surface area contributed by atoms with Crippen LogP contribution in [-0.2, 0) is 5.54 Å². The summed E-state index contributed by atoms with van der Waals surface area (Å²) in [5, 5.41) is 3.36. The zero-order chi connectivity index (χ0) is 16.9. The molecule has 0 spiro atoms. The topological polar surface area (TPSA) is 60.2 Å². The van der Waals surface area contributed by atoms with Crippen molar-refractivity contribution < 1.29 is 9.13 Å². The summed E-state index contributed by atoms with van der Waals surface area (Å²) in [4.78, 5) is 4.63. The van der Waals surface area contributed by atoms with Crippen molar-refractivity contribution in [3.63, 3.8) is 0 Å². The van der Waals surface area contributed by atoms with E-state index in [1.54, 1.807) is 12.1 Å². The van der Waals surface area contributed by atoms with E-state index in [4.69, 9.17) is 10.5 Å². The molecule has 134 valence electrons. The van der Waals surface area contributed by atoms with E-state index in [2.05, 4.69) is 10.3 Å². The number of fused-ring (bicyclic) bond motifs is 1. The highest BCUT2D eigenvalue weighted by Crippen LogP contribution is 2.44. The lowest BCUT2D eigenvalue weighted by Gasteiger charge is -2.21. The number of aromatic nitrogens is 1. The van der Waals surface area contributed by atoms with Crippen molar-refractivity contribution in [1.29, 1.82) is 0 Å². The van der Waals surface area contributed by atoms with Gasteiger partial charge in [0, 0.05) is 42.1 Å². The number of rotatable bonds is 4. The molecule has 1 aromatic heterocycles. The molecule has 2 atom stereocenters. The summed E-state index contributed by atoms with van der Waals surface area (Å²) in [6.45, 7) is 5.94. The fourth-order valence-electron chi connectivity index (χ4n) is 3.38. The van der Waals surface area contributed by atoms with Crippen LogP contribution in [0.1, 0.15) is 19.4 Å². The summed E-state index contributed by atoms with van der Waals surface area (Å²) in [7, 11) is 0. The lowest BCUT2D eigenvalue weighted by atomic mass is 9.95. The minimum atomic E-state index is -0.503. The van der Waals surface area contributed by atoms with Crippen molar-refractivity contribution >= 4 is 12.4 Å². The quantitative estimate of drug-likeness (QED) is 0.876. The van der Waals surface area contributed by atoms with Gasteiger partial charge in [-0.25, -0.2) is 9.37 Å². The van der Waals surface area contributed by atoms with Gasteiger partial charge in [-0.2, -0.15) is 0 Å². The first-order valence-corrected chi connectivity index (χ1v) is 8.36. The number of ether oxygens (including phenoxy) is 1. The molecule has 2 aromatic rings. The summed E-state index contributed by atoms with van der Waals surface area (Å²) in [5.41, 5.74) is 8.34. The van der Waals surface area contributed by atoms with E-state index < -0.39 is 5.54 Å². The van der Waals surface area contributed by atoms with Crippen LogP contribution in [0.15, 0.2) is 36.4 Å². The van der Waals surface area contributed by atoms with Gasteiger partial charge in [-0.1, -0.05) is 0 Å². The van der Waals surface area contributed by atoms with E-state index in [0.29, 0.717) is 17.7 Å². The van der Waals surface area contributed by atoms with Crippen LogP contribution in [-0.4, -0.2) is 24.2 Å². The molecule has 0 radical (unpaired) electrons. The molecular formula is C19H23ClFN3O. The number of nitrogens with one attached hydrogen (secondary N) is 1. The molecule has 25 heavy (non-hydrogen) atoms. The second-order valence-corrected chi connectivity index (χ2v) is 7.38. The minimum Gasteiger partial charge on any atom is -0.474 e. The first-order valence-electron chi connectivity index (χ1n) is 8.36. The first-order chi connectivity index (χ1) is 11.4. The van der Waals surface area contributed by atoms with Gasteiger partial charge in [-0.3, -0.25) is 0 Å². The third kappa shape index (κ3) is 3.64. The third-order valence-electron chi connectivity index (χ3n) is 4.96. The molecule has 0 bridgehead atoms. The van der Waals surface area contributed by atoms with Gasteiger partial charge in [0.1, 0.15) is 11.9 Å². The fraction of sp³-hybridized carbons (Fsp3) is 0.421. The third-order valence-corrected chi connectivity index (χ3v) is 4.96. The highest BCUT2D eigenvalue weighted by atomic mass is 35.5. The summed E-state index contributed by atoms with van der Waals surface area (Å²) in [6, 6.07) is 10.2. The summed E-state index contributed by atoms with van der Waals surface area (Å²) in [6.07, 6.45) is 0.246. The van der Waals surface area contributed by atoms with Crippen molar-refractivity contribution in [3.8, 4) is 17.1 Å². The van der Waals surface area contributed by atoms with Crippen LogP contribution in [0, 0.1) is 17.7 Å². The fourth-order valence-corrected chi connectivity index (χ4v) is 3.38. The number of nitrogens with two attached hydrogens (primary N) is 1. The Kier molecular flexibility index (Phi) is 4.75. The summed E-state index contributed by atoms with van der Waals surface area (Å²) >= 11 is 0. The number of hydrogen-bond donors (Lipinski definition) is 2. The Bertz CT molecular complexity index is 750. The Morgan fingerprint density at radius 3 is 2.40 bits per heavy atom. The van der Waals surface area contributed by atoms with E-state index in [1.165, 1.54) is 12.1 Å². The number of hydrogen-bond acceptors (Lipinski definition) is 4. The number of piperidine rings is 1. The van der Waals surface area contributed by atoms with Gasteiger partial charge in [-0.05, 0) is 49.7 Å².